The van der Waals surface area contributed by atoms with E-state index in [9.17, 15) is 5.26 Å². The molecule has 0 aliphatic carbocycles. The summed E-state index contributed by atoms with van der Waals surface area (Å²) in [6, 6.07) is 31.8. The van der Waals surface area contributed by atoms with E-state index >= 15 is 0 Å². The summed E-state index contributed by atoms with van der Waals surface area (Å²) in [5, 5.41) is 12.4. The van der Waals surface area contributed by atoms with Gasteiger partial charge in [-0.25, -0.2) is 4.57 Å². The van der Waals surface area contributed by atoms with Crippen molar-refractivity contribution < 1.29 is 8.98 Å². The van der Waals surface area contributed by atoms with Crippen LogP contribution in [0.5, 0.6) is 0 Å². The van der Waals surface area contributed by atoms with Crippen LogP contribution < -0.4 is 4.57 Å². The van der Waals surface area contributed by atoms with E-state index in [0.29, 0.717) is 11.1 Å². The van der Waals surface area contributed by atoms with Crippen LogP contribution in [0.15, 0.2) is 95.5 Å². The van der Waals surface area contributed by atoms with Crippen LogP contribution in [-0.4, -0.2) is 0 Å². The van der Waals surface area contributed by atoms with E-state index in [-0.39, 0.29) is 0 Å². The summed E-state index contributed by atoms with van der Waals surface area (Å²) in [5.41, 5.74) is 11.9. The Bertz CT molecular complexity index is 1850. The predicted octanol–water partition coefficient (Wildman–Crippen LogP) is 8.21. The SMILES string of the molecule is Cc1ccc(-c2c(C)cc(C)c3c2oc2c(C#N)c(-c4ccc(-c5ccccc5)cc4)ccc23)[n+](C)c1. The summed E-state index contributed by atoms with van der Waals surface area (Å²) in [4.78, 5) is 0. The molecule has 37 heavy (non-hydrogen) atoms. The number of nitriles is 1. The molecular weight excluding hydrogens is 452 g/mol. The normalized spacial score (nSPS) is 11.2. The fourth-order valence-electron chi connectivity index (χ4n) is 5.53. The number of aryl methyl sites for hydroxylation is 4. The summed E-state index contributed by atoms with van der Waals surface area (Å²) < 4.78 is 8.77. The molecule has 0 fully saturated rings. The van der Waals surface area contributed by atoms with E-state index in [0.717, 1.165) is 55.4 Å². The Morgan fingerprint density at radius 3 is 2.14 bits per heavy atom. The van der Waals surface area contributed by atoms with Gasteiger partial charge in [0.2, 0.25) is 5.69 Å². The lowest BCUT2D eigenvalue weighted by Crippen LogP contribution is -2.31. The number of pyridine rings is 1. The van der Waals surface area contributed by atoms with Crippen molar-refractivity contribution in [2.75, 3.05) is 0 Å². The van der Waals surface area contributed by atoms with Crippen molar-refractivity contribution in [1.29, 1.82) is 5.26 Å². The molecule has 0 aliphatic heterocycles. The third-order valence-corrected chi connectivity index (χ3v) is 7.26. The molecule has 0 amide bonds. The van der Waals surface area contributed by atoms with Gasteiger partial charge in [0.05, 0.1) is 5.56 Å². The van der Waals surface area contributed by atoms with Gasteiger partial charge in [-0.15, -0.1) is 0 Å². The maximum absolute atomic E-state index is 10.3. The number of furan rings is 1. The van der Waals surface area contributed by atoms with Crippen LogP contribution in [0.2, 0.25) is 0 Å². The van der Waals surface area contributed by atoms with Gasteiger partial charge in [0, 0.05) is 28.0 Å². The summed E-state index contributed by atoms with van der Waals surface area (Å²) in [5.74, 6) is 0. The number of hydrogen-bond acceptors (Lipinski definition) is 2. The van der Waals surface area contributed by atoms with Gasteiger partial charge >= 0.3 is 0 Å². The molecule has 6 rings (SSSR count). The van der Waals surface area contributed by atoms with Crippen LogP contribution in [0.25, 0.3) is 55.4 Å². The van der Waals surface area contributed by atoms with E-state index in [1.165, 1.54) is 11.1 Å². The fraction of sp³-hybridized carbons (Fsp3) is 0.118. The van der Waals surface area contributed by atoms with Crippen molar-refractivity contribution in [3.05, 3.63) is 113 Å². The smallest absolute Gasteiger partial charge is 0.216 e. The first-order valence-electron chi connectivity index (χ1n) is 12.5. The number of rotatable bonds is 3. The Morgan fingerprint density at radius 1 is 0.730 bits per heavy atom. The van der Waals surface area contributed by atoms with Crippen LogP contribution in [0.1, 0.15) is 22.3 Å². The monoisotopic (exact) mass is 479 g/mol. The summed E-state index contributed by atoms with van der Waals surface area (Å²) >= 11 is 0. The van der Waals surface area contributed by atoms with E-state index in [1.54, 1.807) is 0 Å². The molecular formula is C34H27N2O+. The zero-order valence-corrected chi connectivity index (χ0v) is 21.5. The minimum absolute atomic E-state index is 0.567. The highest BCUT2D eigenvalue weighted by Crippen LogP contribution is 2.42. The van der Waals surface area contributed by atoms with E-state index in [2.05, 4.69) is 111 Å². The molecule has 3 nitrogen and oxygen atoms in total. The molecule has 4 aromatic carbocycles. The lowest BCUT2D eigenvalue weighted by molar-refractivity contribution is -0.660. The van der Waals surface area contributed by atoms with Gasteiger partial charge in [0.25, 0.3) is 0 Å². The molecule has 0 radical (unpaired) electrons. The molecule has 6 aromatic rings. The number of fused-ring (bicyclic) bond motifs is 3. The van der Waals surface area contributed by atoms with Crippen molar-refractivity contribution in [3.63, 3.8) is 0 Å². The number of nitrogens with zero attached hydrogens (tertiary/aromatic N) is 2. The first kappa shape index (κ1) is 22.8. The molecule has 0 aliphatic rings. The fourth-order valence-corrected chi connectivity index (χ4v) is 5.53. The minimum Gasteiger partial charge on any atom is -0.454 e. The standard InChI is InChI=1S/C34H27N2O/c1-21-10-17-30(36(4)20-21)32-23(3)18-22(2)31-28-16-15-27(29(19-35)33(28)37-34(31)32)26-13-11-25(12-14-26)24-8-6-5-7-9-24/h5-18,20H,1-4H3/q+1. The predicted molar refractivity (Wildman–Crippen MR) is 150 cm³/mol. The second-order valence-corrected chi connectivity index (χ2v) is 9.81. The Morgan fingerprint density at radius 2 is 1.43 bits per heavy atom. The third-order valence-electron chi connectivity index (χ3n) is 7.26. The summed E-state index contributed by atoms with van der Waals surface area (Å²) in [7, 11) is 2.06. The van der Waals surface area contributed by atoms with Gasteiger partial charge in [-0.1, -0.05) is 66.7 Å². The highest BCUT2D eigenvalue weighted by atomic mass is 16.3. The molecule has 0 saturated carbocycles. The van der Waals surface area contributed by atoms with Crippen LogP contribution in [0.3, 0.4) is 0 Å². The molecule has 2 aromatic heterocycles. The van der Waals surface area contributed by atoms with Gasteiger partial charge in [0.15, 0.2) is 11.8 Å². The average Bonchev–Trinajstić information content (AvgIpc) is 3.30. The molecule has 0 spiro atoms. The molecule has 0 N–H and O–H groups in total. The Labute approximate surface area is 216 Å². The van der Waals surface area contributed by atoms with E-state index < -0.39 is 0 Å². The van der Waals surface area contributed by atoms with Crippen LogP contribution in [-0.2, 0) is 7.05 Å². The molecule has 3 heteroatoms. The second kappa shape index (κ2) is 8.76. The molecule has 0 saturated heterocycles. The van der Waals surface area contributed by atoms with Crippen molar-refractivity contribution in [2.45, 2.75) is 20.8 Å². The second-order valence-electron chi connectivity index (χ2n) is 9.81. The quantitative estimate of drug-likeness (QED) is 0.240. The lowest BCUT2D eigenvalue weighted by atomic mass is 9.93. The Kier molecular flexibility index (Phi) is 5.39. The lowest BCUT2D eigenvalue weighted by Gasteiger charge is -2.08. The highest BCUT2D eigenvalue weighted by molar-refractivity contribution is 6.13. The van der Waals surface area contributed by atoms with Crippen molar-refractivity contribution in [1.82, 2.24) is 0 Å². The first-order chi connectivity index (χ1) is 18.0. The van der Waals surface area contributed by atoms with Crippen LogP contribution >= 0.6 is 0 Å². The van der Waals surface area contributed by atoms with Gasteiger partial charge in [0.1, 0.15) is 24.3 Å². The minimum atomic E-state index is 0.567. The number of hydrogen-bond donors (Lipinski definition) is 0. The topological polar surface area (TPSA) is 40.8 Å². The molecule has 2 heterocycles. The maximum atomic E-state index is 10.3. The van der Waals surface area contributed by atoms with Gasteiger partial charge < -0.3 is 4.42 Å². The van der Waals surface area contributed by atoms with Crippen LogP contribution in [0, 0.1) is 32.1 Å². The number of aromatic nitrogens is 1. The molecule has 0 bridgehead atoms. The average molecular weight is 480 g/mol. The Balaban J connectivity index is 1.58. The van der Waals surface area contributed by atoms with E-state index in [4.69, 9.17) is 4.42 Å². The Hall–Kier alpha value is -4.68. The zero-order valence-electron chi connectivity index (χ0n) is 21.5. The number of benzene rings is 4. The zero-order chi connectivity index (χ0) is 25.7. The molecule has 178 valence electrons. The van der Waals surface area contributed by atoms with Crippen molar-refractivity contribution >= 4 is 21.9 Å². The van der Waals surface area contributed by atoms with Gasteiger partial charge in [-0.2, -0.15) is 5.26 Å². The molecule has 0 unspecified atom stereocenters. The molecule has 0 atom stereocenters. The van der Waals surface area contributed by atoms with Crippen molar-refractivity contribution in [3.8, 4) is 39.6 Å². The van der Waals surface area contributed by atoms with Crippen molar-refractivity contribution in [2.24, 2.45) is 7.05 Å². The first-order valence-corrected chi connectivity index (χ1v) is 12.5. The summed E-state index contributed by atoms with van der Waals surface area (Å²) in [6.45, 7) is 6.33. The third kappa shape index (κ3) is 3.70. The highest BCUT2D eigenvalue weighted by Gasteiger charge is 2.24. The van der Waals surface area contributed by atoms with Crippen LogP contribution in [0.4, 0.5) is 0 Å². The van der Waals surface area contributed by atoms with Gasteiger partial charge in [-0.3, -0.25) is 0 Å². The van der Waals surface area contributed by atoms with E-state index in [1.807, 2.05) is 18.2 Å². The van der Waals surface area contributed by atoms with Gasteiger partial charge in [-0.05, 0) is 60.7 Å². The largest absolute Gasteiger partial charge is 0.454 e. The maximum Gasteiger partial charge on any atom is 0.216 e. The summed E-state index contributed by atoms with van der Waals surface area (Å²) in [6.07, 6.45) is 2.13.